The first-order valence-corrected chi connectivity index (χ1v) is 8.17. The van der Waals surface area contributed by atoms with Gasteiger partial charge >= 0.3 is 0 Å². The van der Waals surface area contributed by atoms with Crippen molar-refractivity contribution in [2.45, 2.75) is 20.3 Å². The van der Waals surface area contributed by atoms with Gasteiger partial charge in [-0.3, -0.25) is 9.59 Å². The molecule has 6 heteroatoms. The van der Waals surface area contributed by atoms with Gasteiger partial charge in [0.1, 0.15) is 11.6 Å². The van der Waals surface area contributed by atoms with Gasteiger partial charge in [-0.05, 0) is 42.3 Å². The largest absolute Gasteiger partial charge is 0.360 e. The Bertz CT molecular complexity index is 864. The number of hydrogen-bond donors (Lipinski definition) is 3. The van der Waals surface area contributed by atoms with Crippen molar-refractivity contribution in [2.75, 3.05) is 16.0 Å². The molecule has 2 amide bonds. The molecule has 0 radical (unpaired) electrons. The van der Waals surface area contributed by atoms with Gasteiger partial charge in [0.25, 0.3) is 5.91 Å². The van der Waals surface area contributed by atoms with Crippen molar-refractivity contribution >= 4 is 28.9 Å². The Morgan fingerprint density at radius 1 is 1.04 bits per heavy atom. The molecule has 0 aliphatic rings. The van der Waals surface area contributed by atoms with Crippen molar-refractivity contribution in [1.29, 1.82) is 5.26 Å². The second kappa shape index (κ2) is 9.04. The van der Waals surface area contributed by atoms with Crippen molar-refractivity contribution in [1.82, 2.24) is 0 Å². The highest BCUT2D eigenvalue weighted by Gasteiger charge is 2.10. The molecular formula is C20H20N4O2. The molecule has 0 spiro atoms. The predicted octanol–water partition coefficient (Wildman–Crippen LogP) is 3.67. The maximum Gasteiger partial charge on any atom is 0.267 e. The molecule has 132 valence electrons. The number of para-hydroxylation sites is 1. The summed E-state index contributed by atoms with van der Waals surface area (Å²) in [7, 11) is 0. The van der Waals surface area contributed by atoms with Crippen LogP contribution in [0.4, 0.5) is 17.1 Å². The lowest BCUT2D eigenvalue weighted by Gasteiger charge is -2.09. The van der Waals surface area contributed by atoms with E-state index in [0.29, 0.717) is 11.4 Å². The van der Waals surface area contributed by atoms with Crippen LogP contribution in [0.25, 0.3) is 0 Å². The van der Waals surface area contributed by atoms with E-state index in [1.54, 1.807) is 24.3 Å². The SMILES string of the molecule is CCc1ccccc1N/C=C(/C#N)C(=O)Nc1ccc(NC(C)=O)cc1. The van der Waals surface area contributed by atoms with Gasteiger partial charge in [0.05, 0.1) is 0 Å². The Labute approximate surface area is 152 Å². The van der Waals surface area contributed by atoms with Crippen LogP contribution in [0.2, 0.25) is 0 Å². The molecular weight excluding hydrogens is 328 g/mol. The number of amides is 2. The highest BCUT2D eigenvalue weighted by atomic mass is 16.2. The zero-order valence-corrected chi connectivity index (χ0v) is 14.7. The van der Waals surface area contributed by atoms with Crippen LogP contribution in [0.15, 0.2) is 60.3 Å². The van der Waals surface area contributed by atoms with Crippen LogP contribution in [0.1, 0.15) is 19.4 Å². The van der Waals surface area contributed by atoms with Crippen LogP contribution in [0.3, 0.4) is 0 Å². The number of carbonyl (C=O) groups is 2. The summed E-state index contributed by atoms with van der Waals surface area (Å²) < 4.78 is 0. The first-order chi connectivity index (χ1) is 12.5. The number of carbonyl (C=O) groups excluding carboxylic acids is 2. The number of hydrogen-bond acceptors (Lipinski definition) is 4. The Morgan fingerprint density at radius 3 is 2.23 bits per heavy atom. The van der Waals surface area contributed by atoms with Gasteiger partial charge in [-0.15, -0.1) is 0 Å². The first kappa shape index (κ1) is 18.7. The Kier molecular flexibility index (Phi) is 6.52. The summed E-state index contributed by atoms with van der Waals surface area (Å²) in [5, 5.41) is 17.6. The minimum atomic E-state index is -0.513. The molecule has 26 heavy (non-hydrogen) atoms. The summed E-state index contributed by atoms with van der Waals surface area (Å²) in [5.41, 5.74) is 3.07. The van der Waals surface area contributed by atoms with Crippen LogP contribution in [0.5, 0.6) is 0 Å². The highest BCUT2D eigenvalue weighted by Crippen LogP contribution is 2.17. The maximum atomic E-state index is 12.3. The first-order valence-electron chi connectivity index (χ1n) is 8.17. The van der Waals surface area contributed by atoms with Gasteiger partial charge in [-0.1, -0.05) is 25.1 Å². The number of benzene rings is 2. The third kappa shape index (κ3) is 5.21. The van der Waals surface area contributed by atoms with Gasteiger partial charge in [0.2, 0.25) is 5.91 Å². The third-order valence-corrected chi connectivity index (χ3v) is 3.60. The Balaban J connectivity index is 2.06. The van der Waals surface area contributed by atoms with Crippen LogP contribution in [0, 0.1) is 11.3 Å². The number of nitrogens with zero attached hydrogens (tertiary/aromatic N) is 1. The van der Waals surface area contributed by atoms with Crippen molar-refractivity contribution in [3.8, 4) is 6.07 Å². The summed E-state index contributed by atoms with van der Waals surface area (Å²) in [5.74, 6) is -0.684. The zero-order valence-electron chi connectivity index (χ0n) is 14.7. The lowest BCUT2D eigenvalue weighted by atomic mass is 10.1. The number of nitriles is 1. The molecule has 3 N–H and O–H groups in total. The zero-order chi connectivity index (χ0) is 18.9. The quantitative estimate of drug-likeness (QED) is 0.548. The monoisotopic (exact) mass is 348 g/mol. The van der Waals surface area contributed by atoms with E-state index in [1.807, 2.05) is 37.3 Å². The summed E-state index contributed by atoms with van der Waals surface area (Å²) in [6.07, 6.45) is 2.24. The van der Waals surface area contributed by atoms with E-state index in [9.17, 15) is 14.9 Å². The Morgan fingerprint density at radius 2 is 1.65 bits per heavy atom. The predicted molar refractivity (Wildman–Crippen MR) is 103 cm³/mol. The van der Waals surface area contributed by atoms with E-state index in [1.165, 1.54) is 13.1 Å². The molecule has 0 saturated carbocycles. The fourth-order valence-electron chi connectivity index (χ4n) is 2.31. The second-order valence-electron chi connectivity index (χ2n) is 5.54. The van der Waals surface area contributed by atoms with E-state index in [-0.39, 0.29) is 11.5 Å². The minimum absolute atomic E-state index is 0.0400. The number of rotatable bonds is 6. The molecule has 6 nitrogen and oxygen atoms in total. The average molecular weight is 348 g/mol. The smallest absolute Gasteiger partial charge is 0.267 e. The van der Waals surface area contributed by atoms with E-state index < -0.39 is 5.91 Å². The molecule has 0 aromatic heterocycles. The lowest BCUT2D eigenvalue weighted by Crippen LogP contribution is -2.14. The topological polar surface area (TPSA) is 94.0 Å². The van der Waals surface area contributed by atoms with Crippen LogP contribution < -0.4 is 16.0 Å². The molecule has 2 aromatic carbocycles. The van der Waals surface area contributed by atoms with E-state index >= 15 is 0 Å². The number of nitrogens with one attached hydrogen (secondary N) is 3. The molecule has 0 unspecified atom stereocenters. The van der Waals surface area contributed by atoms with Crippen molar-refractivity contribution in [3.63, 3.8) is 0 Å². The second-order valence-corrected chi connectivity index (χ2v) is 5.54. The van der Waals surface area contributed by atoms with E-state index in [2.05, 4.69) is 16.0 Å². The lowest BCUT2D eigenvalue weighted by molar-refractivity contribution is -0.114. The van der Waals surface area contributed by atoms with Crippen molar-refractivity contribution < 1.29 is 9.59 Å². The summed E-state index contributed by atoms with van der Waals surface area (Å²) >= 11 is 0. The van der Waals surface area contributed by atoms with Crippen LogP contribution in [-0.4, -0.2) is 11.8 Å². The average Bonchev–Trinajstić information content (AvgIpc) is 2.63. The molecule has 0 bridgehead atoms. The number of anilines is 3. The van der Waals surface area contributed by atoms with Gasteiger partial charge in [-0.25, -0.2) is 0 Å². The fourth-order valence-corrected chi connectivity index (χ4v) is 2.31. The normalized spacial score (nSPS) is 10.6. The molecule has 0 saturated heterocycles. The summed E-state index contributed by atoms with van der Waals surface area (Å²) in [6, 6.07) is 16.2. The summed E-state index contributed by atoms with van der Waals surface area (Å²) in [6.45, 7) is 3.45. The van der Waals surface area contributed by atoms with Gasteiger partial charge in [0, 0.05) is 30.2 Å². The molecule has 2 aromatic rings. The Hall–Kier alpha value is -3.59. The standard InChI is InChI=1S/C20H20N4O2/c1-3-15-6-4-5-7-19(15)22-13-16(12-21)20(26)24-18-10-8-17(9-11-18)23-14(2)25/h4-11,13,22H,3H2,1-2H3,(H,23,25)(H,24,26)/b16-13-. The maximum absolute atomic E-state index is 12.3. The summed E-state index contributed by atoms with van der Waals surface area (Å²) in [4.78, 5) is 23.3. The van der Waals surface area contributed by atoms with Crippen molar-refractivity contribution in [3.05, 3.63) is 65.9 Å². The molecule has 0 atom stereocenters. The molecule has 2 rings (SSSR count). The van der Waals surface area contributed by atoms with Gasteiger partial charge in [0.15, 0.2) is 0 Å². The third-order valence-electron chi connectivity index (χ3n) is 3.60. The van der Waals surface area contributed by atoms with Gasteiger partial charge in [-0.2, -0.15) is 5.26 Å². The molecule has 0 aliphatic heterocycles. The van der Waals surface area contributed by atoms with E-state index in [0.717, 1.165) is 17.7 Å². The fraction of sp³-hybridized carbons (Fsp3) is 0.150. The van der Waals surface area contributed by atoms with Crippen molar-refractivity contribution in [2.24, 2.45) is 0 Å². The molecule has 0 heterocycles. The minimum Gasteiger partial charge on any atom is -0.360 e. The molecule has 0 aliphatic carbocycles. The molecule has 0 fully saturated rings. The van der Waals surface area contributed by atoms with Gasteiger partial charge < -0.3 is 16.0 Å². The van der Waals surface area contributed by atoms with Crippen LogP contribution >= 0.6 is 0 Å². The van der Waals surface area contributed by atoms with Crippen LogP contribution in [-0.2, 0) is 16.0 Å². The van der Waals surface area contributed by atoms with E-state index in [4.69, 9.17) is 0 Å². The number of aryl methyl sites for hydroxylation is 1. The highest BCUT2D eigenvalue weighted by molar-refractivity contribution is 6.06.